The van der Waals surface area contributed by atoms with Gasteiger partial charge in [0.05, 0.1) is 0 Å². The van der Waals surface area contributed by atoms with Gasteiger partial charge in [0, 0.05) is 11.7 Å². The molecule has 3 rings (SSSR count). The molecule has 1 aromatic heterocycles. The van der Waals surface area contributed by atoms with E-state index in [4.69, 9.17) is 0 Å². The highest BCUT2D eigenvalue weighted by atomic mass is 16.2. The third-order valence-corrected chi connectivity index (χ3v) is 4.43. The number of benzene rings is 1. The molecule has 0 spiro atoms. The first-order valence-corrected chi connectivity index (χ1v) is 8.64. The van der Waals surface area contributed by atoms with Gasteiger partial charge in [-0.05, 0) is 42.5 Å². The molecule has 0 radical (unpaired) electrons. The lowest BCUT2D eigenvalue weighted by Crippen LogP contribution is -2.33. The summed E-state index contributed by atoms with van der Waals surface area (Å²) in [5, 5.41) is 14.5. The number of para-hydroxylation sites is 1. The van der Waals surface area contributed by atoms with Crippen LogP contribution in [0.15, 0.2) is 36.4 Å². The van der Waals surface area contributed by atoms with Crippen LogP contribution in [0, 0.1) is 0 Å². The van der Waals surface area contributed by atoms with Crippen molar-refractivity contribution in [3.05, 3.63) is 47.7 Å². The molecule has 1 fully saturated rings. The van der Waals surface area contributed by atoms with Crippen LogP contribution in [0.3, 0.4) is 0 Å². The average Bonchev–Trinajstić information content (AvgIpc) is 3.09. The van der Waals surface area contributed by atoms with E-state index in [-0.39, 0.29) is 11.9 Å². The van der Waals surface area contributed by atoms with Crippen LogP contribution in [0.25, 0.3) is 0 Å². The highest BCUT2D eigenvalue weighted by Gasteiger charge is 2.18. The fourth-order valence-corrected chi connectivity index (χ4v) is 3.10. The summed E-state index contributed by atoms with van der Waals surface area (Å²) in [4.78, 5) is 12.2. The first kappa shape index (κ1) is 16.4. The summed E-state index contributed by atoms with van der Waals surface area (Å²) in [5.41, 5.74) is 2.61. The molecular formula is C19H24N4O. The lowest BCUT2D eigenvalue weighted by atomic mass is 10.0. The number of amides is 1. The summed E-state index contributed by atoms with van der Waals surface area (Å²) >= 11 is 0. The molecular weight excluding hydrogens is 300 g/mol. The minimum absolute atomic E-state index is 0.136. The van der Waals surface area contributed by atoms with Crippen LogP contribution in [0.4, 0.5) is 11.5 Å². The summed E-state index contributed by atoms with van der Waals surface area (Å²) < 4.78 is 0. The number of rotatable bonds is 5. The zero-order valence-corrected chi connectivity index (χ0v) is 14.2. The lowest BCUT2D eigenvalue weighted by Gasteiger charge is -2.14. The maximum atomic E-state index is 12.2. The van der Waals surface area contributed by atoms with Crippen molar-refractivity contribution in [2.45, 2.75) is 51.5 Å². The third-order valence-electron chi connectivity index (χ3n) is 4.43. The number of carbonyl (C=O) groups is 1. The molecule has 0 saturated heterocycles. The Morgan fingerprint density at radius 2 is 1.83 bits per heavy atom. The predicted octanol–water partition coefficient (Wildman–Crippen LogP) is 4.02. The molecule has 1 heterocycles. The van der Waals surface area contributed by atoms with Crippen molar-refractivity contribution >= 4 is 17.4 Å². The molecule has 2 N–H and O–H groups in total. The molecule has 1 amide bonds. The summed E-state index contributed by atoms with van der Waals surface area (Å²) in [6, 6.07) is 12.0. The average molecular weight is 324 g/mol. The van der Waals surface area contributed by atoms with Gasteiger partial charge in [-0.3, -0.25) is 4.79 Å². The van der Waals surface area contributed by atoms with E-state index in [1.807, 2.05) is 18.2 Å². The van der Waals surface area contributed by atoms with Crippen LogP contribution in [0.5, 0.6) is 0 Å². The van der Waals surface area contributed by atoms with Crippen molar-refractivity contribution in [3.8, 4) is 0 Å². The van der Waals surface area contributed by atoms with Crippen molar-refractivity contribution < 1.29 is 4.79 Å². The molecule has 0 unspecified atom stereocenters. The lowest BCUT2D eigenvalue weighted by molar-refractivity contribution is 0.0932. The molecule has 2 aromatic rings. The van der Waals surface area contributed by atoms with E-state index in [1.165, 1.54) is 18.4 Å². The van der Waals surface area contributed by atoms with Crippen molar-refractivity contribution in [2.24, 2.45) is 0 Å². The zero-order chi connectivity index (χ0) is 16.9. The smallest absolute Gasteiger partial charge is 0.272 e. The Morgan fingerprint density at radius 1 is 1.08 bits per heavy atom. The Kier molecular flexibility index (Phi) is 5.08. The molecule has 0 atom stereocenters. The Hall–Kier alpha value is -2.43. The second-order valence-corrected chi connectivity index (χ2v) is 6.63. The fourth-order valence-electron chi connectivity index (χ4n) is 3.10. The van der Waals surface area contributed by atoms with Gasteiger partial charge in [0.1, 0.15) is 0 Å². The van der Waals surface area contributed by atoms with E-state index < -0.39 is 0 Å². The molecule has 1 saturated carbocycles. The molecule has 1 aliphatic carbocycles. The largest absolute Gasteiger partial charge is 0.348 e. The summed E-state index contributed by atoms with van der Waals surface area (Å²) in [6.07, 6.45) is 4.50. The minimum Gasteiger partial charge on any atom is -0.348 e. The molecule has 0 bridgehead atoms. The van der Waals surface area contributed by atoms with E-state index in [2.05, 4.69) is 40.7 Å². The minimum atomic E-state index is -0.136. The molecule has 5 heteroatoms. The van der Waals surface area contributed by atoms with Gasteiger partial charge in [-0.25, -0.2) is 0 Å². The molecule has 1 aliphatic rings. The normalized spacial score (nSPS) is 14.8. The SMILES string of the molecule is CC(C)c1ccccc1Nc1ccc(C(=O)NC2CCCC2)nn1. The van der Waals surface area contributed by atoms with Gasteiger partial charge in [0.25, 0.3) is 5.91 Å². The van der Waals surface area contributed by atoms with Crippen LogP contribution in [-0.2, 0) is 0 Å². The number of anilines is 2. The van der Waals surface area contributed by atoms with Crippen molar-refractivity contribution in [1.82, 2.24) is 15.5 Å². The monoisotopic (exact) mass is 324 g/mol. The highest BCUT2D eigenvalue weighted by Crippen LogP contribution is 2.26. The first-order valence-electron chi connectivity index (χ1n) is 8.64. The van der Waals surface area contributed by atoms with E-state index in [0.29, 0.717) is 17.4 Å². The van der Waals surface area contributed by atoms with Gasteiger partial charge in [0.15, 0.2) is 11.5 Å². The number of hydrogen-bond acceptors (Lipinski definition) is 4. The van der Waals surface area contributed by atoms with E-state index in [9.17, 15) is 4.79 Å². The quantitative estimate of drug-likeness (QED) is 0.872. The molecule has 5 nitrogen and oxygen atoms in total. The number of nitrogens with zero attached hydrogens (tertiary/aromatic N) is 2. The molecule has 0 aliphatic heterocycles. The van der Waals surface area contributed by atoms with Crippen LogP contribution >= 0.6 is 0 Å². The van der Waals surface area contributed by atoms with E-state index in [1.54, 1.807) is 12.1 Å². The number of hydrogen-bond donors (Lipinski definition) is 2. The molecule has 1 aromatic carbocycles. The second-order valence-electron chi connectivity index (χ2n) is 6.63. The predicted molar refractivity (Wildman–Crippen MR) is 95.6 cm³/mol. The van der Waals surface area contributed by atoms with Gasteiger partial charge in [-0.2, -0.15) is 0 Å². The van der Waals surface area contributed by atoms with Gasteiger partial charge in [-0.15, -0.1) is 10.2 Å². The zero-order valence-electron chi connectivity index (χ0n) is 14.2. The van der Waals surface area contributed by atoms with Crippen LogP contribution in [0.1, 0.15) is 61.5 Å². The Bertz CT molecular complexity index is 691. The third kappa shape index (κ3) is 3.91. The van der Waals surface area contributed by atoms with Crippen molar-refractivity contribution in [2.75, 3.05) is 5.32 Å². The Balaban J connectivity index is 1.67. The Labute approximate surface area is 142 Å². The standard InChI is InChI=1S/C19H24N4O/c1-13(2)15-9-5-6-10-16(15)21-18-12-11-17(22-23-18)19(24)20-14-7-3-4-8-14/h5-6,9-14H,3-4,7-8H2,1-2H3,(H,20,24)(H,21,23). The summed E-state index contributed by atoms with van der Waals surface area (Å²) in [7, 11) is 0. The van der Waals surface area contributed by atoms with E-state index in [0.717, 1.165) is 18.5 Å². The number of aromatic nitrogens is 2. The van der Waals surface area contributed by atoms with Crippen LogP contribution in [-0.4, -0.2) is 22.1 Å². The fraction of sp³-hybridized carbons (Fsp3) is 0.421. The van der Waals surface area contributed by atoms with E-state index >= 15 is 0 Å². The Morgan fingerprint density at radius 3 is 2.50 bits per heavy atom. The van der Waals surface area contributed by atoms with Gasteiger partial charge in [-0.1, -0.05) is 44.9 Å². The maximum absolute atomic E-state index is 12.2. The highest BCUT2D eigenvalue weighted by molar-refractivity contribution is 5.92. The number of carbonyl (C=O) groups excluding carboxylic acids is 1. The van der Waals surface area contributed by atoms with Gasteiger partial charge in [0.2, 0.25) is 0 Å². The number of nitrogens with one attached hydrogen (secondary N) is 2. The van der Waals surface area contributed by atoms with Crippen molar-refractivity contribution in [1.29, 1.82) is 0 Å². The second kappa shape index (κ2) is 7.43. The topological polar surface area (TPSA) is 66.9 Å². The van der Waals surface area contributed by atoms with Gasteiger partial charge >= 0.3 is 0 Å². The molecule has 24 heavy (non-hydrogen) atoms. The molecule has 126 valence electrons. The van der Waals surface area contributed by atoms with Gasteiger partial charge < -0.3 is 10.6 Å². The van der Waals surface area contributed by atoms with Crippen molar-refractivity contribution in [3.63, 3.8) is 0 Å². The summed E-state index contributed by atoms with van der Waals surface area (Å²) in [5.74, 6) is 0.919. The summed E-state index contributed by atoms with van der Waals surface area (Å²) in [6.45, 7) is 4.31. The van der Waals surface area contributed by atoms with Crippen LogP contribution in [0.2, 0.25) is 0 Å². The first-order chi connectivity index (χ1) is 11.6. The van der Waals surface area contributed by atoms with Crippen LogP contribution < -0.4 is 10.6 Å². The maximum Gasteiger partial charge on any atom is 0.272 e.